The summed E-state index contributed by atoms with van der Waals surface area (Å²) in [6.45, 7) is 10.7. The van der Waals surface area contributed by atoms with Crippen LogP contribution >= 0.6 is 0 Å². The number of hydrogen-bond acceptors (Lipinski definition) is 1. The minimum Gasteiger partial charge on any atom is -0.387 e. The monoisotopic (exact) mass is 267 g/mol. The van der Waals surface area contributed by atoms with Gasteiger partial charge in [0.25, 0.3) is 0 Å². The van der Waals surface area contributed by atoms with Crippen molar-refractivity contribution in [1.29, 1.82) is 0 Å². The third-order valence-corrected chi connectivity index (χ3v) is 3.03. The van der Waals surface area contributed by atoms with Gasteiger partial charge in [-0.05, 0) is 36.2 Å². The quantitative estimate of drug-likeness (QED) is 0.817. The zero-order chi connectivity index (χ0) is 14.8. The van der Waals surface area contributed by atoms with Gasteiger partial charge in [0, 0.05) is 6.54 Å². The first-order valence-electron chi connectivity index (χ1n) is 7.26. The number of hydrogen-bond donors (Lipinski definition) is 1. The van der Waals surface area contributed by atoms with Crippen molar-refractivity contribution in [2.45, 2.75) is 33.7 Å². The third kappa shape index (κ3) is 4.93. The summed E-state index contributed by atoms with van der Waals surface area (Å²) < 4.78 is 0. The van der Waals surface area contributed by atoms with Gasteiger partial charge < -0.3 is 5.32 Å². The molecule has 0 fully saturated rings. The summed E-state index contributed by atoms with van der Waals surface area (Å²) in [5, 5.41) is 3.17. The minimum absolute atomic E-state index is 0.839. The van der Waals surface area contributed by atoms with E-state index < -0.39 is 0 Å². The van der Waals surface area contributed by atoms with Gasteiger partial charge in [-0.2, -0.15) is 0 Å². The summed E-state index contributed by atoms with van der Waals surface area (Å²) >= 11 is 0. The number of rotatable bonds is 5. The molecule has 20 heavy (non-hydrogen) atoms. The molecule has 1 N–H and O–H groups in total. The highest BCUT2D eigenvalue weighted by molar-refractivity contribution is 5.34. The van der Waals surface area contributed by atoms with Gasteiger partial charge in [0.15, 0.2) is 0 Å². The smallest absolute Gasteiger partial charge is 0.0397 e. The normalized spacial score (nSPS) is 9.35. The van der Waals surface area contributed by atoms with Crippen molar-refractivity contribution < 1.29 is 0 Å². The predicted molar refractivity (Wildman–Crippen MR) is 88.8 cm³/mol. The topological polar surface area (TPSA) is 12.0 Å². The Bertz CT molecular complexity index is 529. The average Bonchev–Trinajstić information content (AvgIpc) is 2.48. The van der Waals surface area contributed by atoms with Crippen LogP contribution in [-0.2, 0) is 13.0 Å². The van der Waals surface area contributed by atoms with E-state index in [0.717, 1.165) is 13.0 Å². The fourth-order valence-corrected chi connectivity index (χ4v) is 2.13. The highest BCUT2D eigenvalue weighted by atomic mass is 14.8. The second kappa shape index (κ2) is 8.98. The second-order valence-corrected chi connectivity index (χ2v) is 4.52. The maximum Gasteiger partial charge on any atom is 0.0397 e. The van der Waals surface area contributed by atoms with Gasteiger partial charge in [-0.15, -0.1) is 0 Å². The van der Waals surface area contributed by atoms with Crippen molar-refractivity contribution in [2.24, 2.45) is 0 Å². The molecule has 1 nitrogen and oxygen atoms in total. The molecule has 0 aliphatic carbocycles. The molecule has 2 aromatic carbocycles. The summed E-state index contributed by atoms with van der Waals surface area (Å²) in [5.74, 6) is 0. The Hall–Kier alpha value is -2.02. The Balaban J connectivity index is 0.000000956. The van der Waals surface area contributed by atoms with Crippen molar-refractivity contribution in [3.63, 3.8) is 0 Å². The Morgan fingerprint density at radius 2 is 1.70 bits per heavy atom. The van der Waals surface area contributed by atoms with Gasteiger partial charge in [0.1, 0.15) is 0 Å². The Labute approximate surface area is 123 Å². The van der Waals surface area contributed by atoms with E-state index in [-0.39, 0.29) is 0 Å². The second-order valence-electron chi connectivity index (χ2n) is 4.52. The van der Waals surface area contributed by atoms with E-state index in [0.29, 0.717) is 0 Å². The molecule has 2 aromatic rings. The van der Waals surface area contributed by atoms with Crippen molar-refractivity contribution in [2.75, 3.05) is 0 Å². The predicted octanol–water partition coefficient (Wildman–Crippen LogP) is 4.85. The molecule has 0 atom stereocenters. The van der Waals surface area contributed by atoms with Gasteiger partial charge in [-0.3, -0.25) is 0 Å². The lowest BCUT2D eigenvalue weighted by molar-refractivity contribution is 0.858. The van der Waals surface area contributed by atoms with Crippen LogP contribution in [0.3, 0.4) is 0 Å². The fourth-order valence-electron chi connectivity index (χ4n) is 2.13. The maximum atomic E-state index is 3.69. The maximum absolute atomic E-state index is 3.69. The molecule has 0 saturated carbocycles. The van der Waals surface area contributed by atoms with Gasteiger partial charge in [0.2, 0.25) is 0 Å². The van der Waals surface area contributed by atoms with E-state index in [1.807, 2.05) is 13.8 Å². The van der Waals surface area contributed by atoms with E-state index in [2.05, 4.69) is 67.4 Å². The molecule has 0 heterocycles. The lowest BCUT2D eigenvalue weighted by Crippen LogP contribution is -2.06. The Morgan fingerprint density at radius 1 is 1.00 bits per heavy atom. The van der Waals surface area contributed by atoms with Crippen LogP contribution in [0.15, 0.2) is 61.3 Å². The van der Waals surface area contributed by atoms with Gasteiger partial charge in [-0.25, -0.2) is 0 Å². The molecule has 0 radical (unpaired) electrons. The third-order valence-electron chi connectivity index (χ3n) is 3.03. The zero-order valence-corrected chi connectivity index (χ0v) is 12.8. The van der Waals surface area contributed by atoms with Crippen LogP contribution in [0.5, 0.6) is 0 Å². The van der Waals surface area contributed by atoms with Crippen LogP contribution < -0.4 is 5.32 Å². The van der Waals surface area contributed by atoms with Crippen LogP contribution in [0, 0.1) is 6.92 Å². The van der Waals surface area contributed by atoms with Crippen molar-refractivity contribution in [3.8, 4) is 0 Å². The minimum atomic E-state index is 0.839. The molecule has 0 aromatic heterocycles. The Kier molecular flexibility index (Phi) is 7.20. The highest BCUT2D eigenvalue weighted by Gasteiger charge is 2.02. The fraction of sp³-hybridized carbons (Fsp3) is 0.263. The average molecular weight is 267 g/mol. The van der Waals surface area contributed by atoms with E-state index in [1.54, 1.807) is 6.20 Å². The first kappa shape index (κ1) is 16.0. The van der Waals surface area contributed by atoms with Crippen LogP contribution in [0.4, 0.5) is 0 Å². The first-order valence-corrected chi connectivity index (χ1v) is 7.26. The van der Waals surface area contributed by atoms with Gasteiger partial charge in [0.05, 0.1) is 0 Å². The molecule has 2 rings (SSSR count). The summed E-state index contributed by atoms with van der Waals surface area (Å²) in [5.41, 5.74) is 5.38. The van der Waals surface area contributed by atoms with Crippen LogP contribution in [0.25, 0.3) is 0 Å². The largest absolute Gasteiger partial charge is 0.387 e. The summed E-state index contributed by atoms with van der Waals surface area (Å²) in [7, 11) is 0. The van der Waals surface area contributed by atoms with E-state index in [9.17, 15) is 0 Å². The molecule has 0 amide bonds. The standard InChI is InChI=1S/C17H19N.C2H6/c1-3-18-13-17-10-5-4-9-16(17)12-15-8-6-7-14(2)11-15;1-2/h3-11,18H,1,12-13H2,2H3;1-2H3. The Morgan fingerprint density at radius 3 is 2.35 bits per heavy atom. The molecule has 0 saturated heterocycles. The lowest BCUT2D eigenvalue weighted by atomic mass is 9.99. The van der Waals surface area contributed by atoms with Gasteiger partial charge >= 0.3 is 0 Å². The SMILES string of the molecule is C=CNCc1ccccc1Cc1cccc(C)c1.CC. The molecule has 106 valence electrons. The van der Waals surface area contributed by atoms with Crippen molar-refractivity contribution in [1.82, 2.24) is 5.32 Å². The van der Waals surface area contributed by atoms with E-state index in [1.165, 1.54) is 22.3 Å². The van der Waals surface area contributed by atoms with Crippen LogP contribution in [0.2, 0.25) is 0 Å². The zero-order valence-electron chi connectivity index (χ0n) is 12.8. The molecule has 0 bridgehead atoms. The molecule has 0 spiro atoms. The number of aryl methyl sites for hydroxylation is 1. The number of benzene rings is 2. The summed E-state index contributed by atoms with van der Waals surface area (Å²) in [4.78, 5) is 0. The van der Waals surface area contributed by atoms with Crippen molar-refractivity contribution >= 4 is 0 Å². The van der Waals surface area contributed by atoms with Crippen molar-refractivity contribution in [3.05, 3.63) is 83.6 Å². The molecule has 0 aliphatic heterocycles. The molecule has 0 aliphatic rings. The summed E-state index contributed by atoms with van der Waals surface area (Å²) in [6, 6.07) is 17.2. The number of nitrogens with one attached hydrogen (secondary N) is 1. The van der Waals surface area contributed by atoms with Crippen LogP contribution in [0.1, 0.15) is 36.1 Å². The van der Waals surface area contributed by atoms with Gasteiger partial charge in [-0.1, -0.05) is 74.5 Å². The first-order chi connectivity index (χ1) is 9.79. The summed E-state index contributed by atoms with van der Waals surface area (Å²) in [6.07, 6.45) is 2.72. The highest BCUT2D eigenvalue weighted by Crippen LogP contribution is 2.15. The lowest BCUT2D eigenvalue weighted by Gasteiger charge is -2.10. The molecule has 1 heteroatoms. The van der Waals surface area contributed by atoms with Crippen LogP contribution in [-0.4, -0.2) is 0 Å². The molecule has 0 unspecified atom stereocenters. The molecular formula is C19H25N. The van der Waals surface area contributed by atoms with E-state index in [4.69, 9.17) is 0 Å². The molecular weight excluding hydrogens is 242 g/mol. The van der Waals surface area contributed by atoms with E-state index >= 15 is 0 Å².